The van der Waals surface area contributed by atoms with Crippen LogP contribution in [0.4, 0.5) is 0 Å². The molecular weight excluding hydrogens is 176 g/mol. The van der Waals surface area contributed by atoms with Crippen molar-refractivity contribution >= 4 is 5.97 Å². The van der Waals surface area contributed by atoms with E-state index in [4.69, 9.17) is 19.3 Å². The molecule has 5 heteroatoms. The summed E-state index contributed by atoms with van der Waals surface area (Å²) in [6, 6.07) is 0. The van der Waals surface area contributed by atoms with Gasteiger partial charge in [-0.1, -0.05) is 0 Å². The van der Waals surface area contributed by atoms with E-state index in [9.17, 15) is 4.79 Å². The third kappa shape index (κ3) is 1.65. The molecule has 13 heavy (non-hydrogen) atoms. The van der Waals surface area contributed by atoms with Crippen LogP contribution in [0.25, 0.3) is 0 Å². The van der Waals surface area contributed by atoms with Crippen LogP contribution in [0.15, 0.2) is 23.4 Å². The molecule has 1 heterocycles. The number of rotatable bonds is 3. The van der Waals surface area contributed by atoms with Gasteiger partial charge in [-0.2, -0.15) is 0 Å². The van der Waals surface area contributed by atoms with Crippen molar-refractivity contribution in [1.82, 2.24) is 0 Å². The van der Waals surface area contributed by atoms with E-state index in [0.29, 0.717) is 0 Å². The number of carbonyl (C=O) groups excluding carboxylic acids is 1. The van der Waals surface area contributed by atoms with Crippen molar-refractivity contribution in [3.8, 4) is 0 Å². The summed E-state index contributed by atoms with van der Waals surface area (Å²) in [5.41, 5.74) is 0. The summed E-state index contributed by atoms with van der Waals surface area (Å²) < 4.78 is 14.4. The van der Waals surface area contributed by atoms with Gasteiger partial charge >= 0.3 is 5.97 Å². The number of carbonyl (C=O) groups is 1. The summed E-state index contributed by atoms with van der Waals surface area (Å²) in [5, 5.41) is 8.60. The summed E-state index contributed by atoms with van der Waals surface area (Å²) in [6.07, 6.45) is 1.32. The average Bonchev–Trinajstić information content (AvgIpc) is 2.41. The maximum Gasteiger partial charge on any atom is 0.383 e. The molecule has 0 saturated heterocycles. The fraction of sp³-hybridized carbons (Fsp3) is 0.375. The Morgan fingerprint density at radius 1 is 1.38 bits per heavy atom. The molecule has 0 aromatic heterocycles. The molecule has 0 saturated carbocycles. The van der Waals surface area contributed by atoms with Gasteiger partial charge in [0.2, 0.25) is 5.76 Å². The number of methoxy groups -OCH3 is 2. The van der Waals surface area contributed by atoms with Crippen molar-refractivity contribution in [2.45, 2.75) is 0 Å². The van der Waals surface area contributed by atoms with Gasteiger partial charge in [-0.15, -0.1) is 0 Å². The molecule has 0 bridgehead atoms. The van der Waals surface area contributed by atoms with Crippen LogP contribution in [0, 0.1) is 0 Å². The Kier molecular flexibility index (Phi) is 2.92. The molecule has 5 nitrogen and oxygen atoms in total. The van der Waals surface area contributed by atoms with Crippen molar-refractivity contribution in [1.29, 1.82) is 0 Å². The van der Waals surface area contributed by atoms with Crippen LogP contribution in [0.1, 0.15) is 0 Å². The first kappa shape index (κ1) is 9.60. The zero-order valence-corrected chi connectivity index (χ0v) is 7.36. The molecule has 1 aliphatic rings. The van der Waals surface area contributed by atoms with Crippen LogP contribution in [-0.2, 0) is 19.0 Å². The third-order valence-corrected chi connectivity index (χ3v) is 1.50. The molecule has 1 N–H and O–H groups in total. The zero-order chi connectivity index (χ0) is 9.84. The lowest BCUT2D eigenvalue weighted by atomic mass is 10.3. The molecule has 0 aromatic carbocycles. The highest BCUT2D eigenvalue weighted by Crippen LogP contribution is 2.26. The molecule has 0 aromatic rings. The predicted octanol–water partition coefficient (Wildman–Crippen LogP) is -0.0762. The minimum atomic E-state index is -0.612. The van der Waals surface area contributed by atoms with Crippen LogP contribution < -0.4 is 0 Å². The maximum absolute atomic E-state index is 11.1. The molecule has 0 spiro atoms. The average molecular weight is 186 g/mol. The van der Waals surface area contributed by atoms with E-state index in [1.54, 1.807) is 0 Å². The first-order chi connectivity index (χ1) is 6.24. The molecule has 0 aliphatic carbocycles. The molecule has 0 radical (unpaired) electrons. The van der Waals surface area contributed by atoms with E-state index in [0.717, 1.165) is 0 Å². The summed E-state index contributed by atoms with van der Waals surface area (Å²) >= 11 is 0. The van der Waals surface area contributed by atoms with Gasteiger partial charge in [-0.3, -0.25) is 0 Å². The predicted molar refractivity (Wildman–Crippen MR) is 42.3 cm³/mol. The van der Waals surface area contributed by atoms with E-state index < -0.39 is 5.97 Å². The summed E-state index contributed by atoms with van der Waals surface area (Å²) in [5.74, 6) is -0.199. The number of aliphatic hydroxyl groups excluding tert-OH is 1. The number of aliphatic hydroxyl groups is 1. The van der Waals surface area contributed by atoms with Gasteiger partial charge in [0.15, 0.2) is 5.76 Å². The smallest absolute Gasteiger partial charge is 0.383 e. The van der Waals surface area contributed by atoms with E-state index in [2.05, 4.69) is 0 Å². The highest BCUT2D eigenvalue weighted by molar-refractivity contribution is 5.91. The van der Waals surface area contributed by atoms with Gasteiger partial charge in [0, 0.05) is 0 Å². The number of ether oxygens (including phenoxy) is 3. The van der Waals surface area contributed by atoms with Gasteiger partial charge in [0.1, 0.15) is 0 Å². The maximum atomic E-state index is 11.1. The number of hydrogen-bond acceptors (Lipinski definition) is 5. The first-order valence-corrected chi connectivity index (χ1v) is 3.60. The first-order valence-electron chi connectivity index (χ1n) is 3.60. The molecule has 1 aliphatic heterocycles. The van der Waals surface area contributed by atoms with Crippen LogP contribution in [-0.4, -0.2) is 31.9 Å². The molecule has 0 atom stereocenters. The van der Waals surface area contributed by atoms with Crippen LogP contribution >= 0.6 is 0 Å². The van der Waals surface area contributed by atoms with Gasteiger partial charge in [-0.05, 0) is 6.08 Å². The minimum absolute atomic E-state index is 0.0159. The third-order valence-electron chi connectivity index (χ3n) is 1.50. The minimum Gasteiger partial charge on any atom is -0.490 e. The van der Waals surface area contributed by atoms with E-state index >= 15 is 0 Å². The lowest BCUT2D eigenvalue weighted by Gasteiger charge is -2.00. The Bertz CT molecular complexity index is 276. The fourth-order valence-corrected chi connectivity index (χ4v) is 0.984. The second-order valence-corrected chi connectivity index (χ2v) is 2.21. The van der Waals surface area contributed by atoms with Crippen molar-refractivity contribution in [3.63, 3.8) is 0 Å². The van der Waals surface area contributed by atoms with Crippen LogP contribution in [0.3, 0.4) is 0 Å². The molecule has 72 valence electrons. The number of esters is 1. The molecule has 0 unspecified atom stereocenters. The highest BCUT2D eigenvalue weighted by Gasteiger charge is 2.32. The Balaban J connectivity index is 3.02. The fourth-order valence-electron chi connectivity index (χ4n) is 0.984. The summed E-state index contributed by atoms with van der Waals surface area (Å²) in [4.78, 5) is 11.1. The normalized spacial score (nSPS) is 19.3. The van der Waals surface area contributed by atoms with Gasteiger partial charge < -0.3 is 19.3 Å². The van der Waals surface area contributed by atoms with Gasteiger partial charge in [-0.25, -0.2) is 4.79 Å². The Hall–Kier alpha value is -1.49. The lowest BCUT2D eigenvalue weighted by molar-refractivity contribution is -0.136. The number of cyclic esters (lactones) is 1. The number of hydrogen-bond donors (Lipinski definition) is 1. The molecular formula is C8H10O5. The van der Waals surface area contributed by atoms with Crippen molar-refractivity contribution in [2.75, 3.05) is 20.8 Å². The summed E-state index contributed by atoms with van der Waals surface area (Å²) in [6.45, 7) is -0.230. The largest absolute Gasteiger partial charge is 0.490 e. The topological polar surface area (TPSA) is 65.0 Å². The van der Waals surface area contributed by atoms with E-state index in [1.807, 2.05) is 0 Å². The van der Waals surface area contributed by atoms with Crippen molar-refractivity contribution in [2.24, 2.45) is 0 Å². The quantitative estimate of drug-likeness (QED) is 0.625. The second kappa shape index (κ2) is 3.95. The molecule has 0 amide bonds. The SMILES string of the molecule is COC1=C(OC)C(=CCO)OC1=O. The Morgan fingerprint density at radius 2 is 2.00 bits per heavy atom. The molecule has 0 fully saturated rings. The van der Waals surface area contributed by atoms with Crippen molar-refractivity contribution in [3.05, 3.63) is 23.4 Å². The zero-order valence-electron chi connectivity index (χ0n) is 7.36. The summed E-state index contributed by atoms with van der Waals surface area (Å²) in [7, 11) is 2.74. The van der Waals surface area contributed by atoms with Crippen LogP contribution in [0.2, 0.25) is 0 Å². The Labute approximate surface area is 75.2 Å². The molecule has 1 rings (SSSR count). The van der Waals surface area contributed by atoms with Gasteiger partial charge in [0.05, 0.1) is 20.8 Å². The van der Waals surface area contributed by atoms with E-state index in [-0.39, 0.29) is 23.9 Å². The van der Waals surface area contributed by atoms with Gasteiger partial charge in [0.25, 0.3) is 5.76 Å². The standard InChI is InChI=1S/C8H10O5/c1-11-6-5(3-4-9)13-8(10)7(6)12-2/h3,9H,4H2,1-2H3. The monoisotopic (exact) mass is 186 g/mol. The van der Waals surface area contributed by atoms with Crippen molar-refractivity contribution < 1.29 is 24.1 Å². The van der Waals surface area contributed by atoms with E-state index in [1.165, 1.54) is 20.3 Å². The van der Waals surface area contributed by atoms with Crippen LogP contribution in [0.5, 0.6) is 0 Å². The lowest BCUT2D eigenvalue weighted by Crippen LogP contribution is -2.00. The Morgan fingerprint density at radius 3 is 2.46 bits per heavy atom. The highest BCUT2D eigenvalue weighted by atomic mass is 16.6. The second-order valence-electron chi connectivity index (χ2n) is 2.21.